The molecule has 0 fully saturated rings. The Hall–Kier alpha value is -5.02. The van der Waals surface area contributed by atoms with E-state index in [1.165, 1.54) is 6.07 Å². The number of rotatable bonds is 8. The minimum absolute atomic E-state index is 0.0906. The van der Waals surface area contributed by atoms with Crippen LogP contribution in [-0.4, -0.2) is 46.9 Å². The molecular weight excluding hydrogens is 544 g/mol. The molecule has 9 nitrogen and oxygen atoms in total. The lowest BCUT2D eigenvalue weighted by atomic mass is 10.0. The van der Waals surface area contributed by atoms with Crippen LogP contribution in [0.4, 0.5) is 5.69 Å². The molecule has 2 heterocycles. The van der Waals surface area contributed by atoms with E-state index in [2.05, 4.69) is 10.6 Å². The minimum atomic E-state index is -0.881. The van der Waals surface area contributed by atoms with Crippen LogP contribution in [0.3, 0.4) is 0 Å². The fourth-order valence-corrected chi connectivity index (χ4v) is 5.19. The van der Waals surface area contributed by atoms with Crippen molar-refractivity contribution in [2.24, 2.45) is 0 Å². The lowest BCUT2D eigenvalue weighted by Gasteiger charge is -2.32. The molecule has 220 valence electrons. The van der Waals surface area contributed by atoms with E-state index in [1.54, 1.807) is 12.1 Å². The number of amides is 2. The van der Waals surface area contributed by atoms with E-state index >= 15 is 0 Å². The number of benzene rings is 4. The molecule has 2 N–H and O–H groups in total. The zero-order valence-corrected chi connectivity index (χ0v) is 23.7. The normalized spacial score (nSPS) is 17.4. The molecule has 4 aromatic rings. The molecule has 2 aliphatic heterocycles. The Morgan fingerprint density at radius 1 is 0.791 bits per heavy atom. The van der Waals surface area contributed by atoms with Gasteiger partial charge in [0.15, 0.2) is 5.75 Å². The van der Waals surface area contributed by atoms with Crippen LogP contribution in [0.1, 0.15) is 22.3 Å². The summed E-state index contributed by atoms with van der Waals surface area (Å²) in [6.45, 7) is 0.918. The second-order valence-electron chi connectivity index (χ2n) is 10.6. The van der Waals surface area contributed by atoms with Crippen LogP contribution in [-0.2, 0) is 35.5 Å². The van der Waals surface area contributed by atoms with Crippen LogP contribution >= 0.6 is 0 Å². The Balaban J connectivity index is 1.53. The zero-order valence-electron chi connectivity index (χ0n) is 23.7. The van der Waals surface area contributed by atoms with Gasteiger partial charge in [-0.2, -0.15) is 0 Å². The third-order valence-electron chi connectivity index (χ3n) is 7.45. The van der Waals surface area contributed by atoms with Gasteiger partial charge in [-0.25, -0.2) is 0 Å². The van der Waals surface area contributed by atoms with Crippen LogP contribution in [0.15, 0.2) is 109 Å². The maximum absolute atomic E-state index is 14.2. The smallest absolute Gasteiger partial charge is 0.311 e. The van der Waals surface area contributed by atoms with Crippen molar-refractivity contribution in [2.45, 2.75) is 38.0 Å². The van der Waals surface area contributed by atoms with Crippen molar-refractivity contribution in [1.29, 1.82) is 0 Å². The van der Waals surface area contributed by atoms with Crippen LogP contribution in [0.5, 0.6) is 5.75 Å². The van der Waals surface area contributed by atoms with Crippen LogP contribution in [0.2, 0.25) is 0 Å². The van der Waals surface area contributed by atoms with Crippen molar-refractivity contribution in [3.8, 4) is 5.75 Å². The summed E-state index contributed by atoms with van der Waals surface area (Å²) in [5, 5.41) is 17.9. The standard InChI is InChI=1S/C34H34N4O5/c39-33-29(20-25-10-4-1-5-11-25)36-34(40)31(24-43-32-17-16-26(18-19-35-33)21-30(32)38(41)42)37(22-27-12-6-2-7-13-27)23-28-14-8-3-9-15-28/h1-17,21,29,31H,18-20,22-24H2,(H,35,39)(H,36,40)/t29-,31-/m0/s1. The molecule has 0 unspecified atom stereocenters. The van der Waals surface area contributed by atoms with Crippen LogP contribution in [0, 0.1) is 10.1 Å². The first-order valence-corrected chi connectivity index (χ1v) is 14.3. The van der Waals surface area contributed by atoms with E-state index in [-0.39, 0.29) is 30.5 Å². The van der Waals surface area contributed by atoms with Crippen LogP contribution in [0.25, 0.3) is 0 Å². The average Bonchev–Trinajstić information content (AvgIpc) is 3.02. The second kappa shape index (κ2) is 14.2. The summed E-state index contributed by atoms with van der Waals surface area (Å²) in [6, 6.07) is 32.1. The molecule has 0 radical (unpaired) electrons. The third kappa shape index (κ3) is 8.05. The molecule has 43 heavy (non-hydrogen) atoms. The van der Waals surface area contributed by atoms with E-state index < -0.39 is 22.9 Å². The molecule has 9 heteroatoms. The Kier molecular flexibility index (Phi) is 9.76. The van der Waals surface area contributed by atoms with Gasteiger partial charge in [-0.1, -0.05) is 97.1 Å². The number of nitrogens with zero attached hydrogens (tertiary/aromatic N) is 2. The first kappa shape index (κ1) is 29.5. The number of hydrogen-bond donors (Lipinski definition) is 2. The first-order chi connectivity index (χ1) is 21.0. The maximum atomic E-state index is 14.2. The second-order valence-corrected chi connectivity index (χ2v) is 10.6. The number of hydrogen-bond acceptors (Lipinski definition) is 6. The van der Waals surface area contributed by atoms with E-state index in [4.69, 9.17) is 4.74 Å². The summed E-state index contributed by atoms with van der Waals surface area (Å²) in [4.78, 5) is 41.1. The third-order valence-corrected chi connectivity index (χ3v) is 7.45. The van der Waals surface area contributed by atoms with Crippen molar-refractivity contribution in [3.63, 3.8) is 0 Å². The quantitative estimate of drug-likeness (QED) is 0.236. The highest BCUT2D eigenvalue weighted by molar-refractivity contribution is 5.90. The predicted molar refractivity (Wildman–Crippen MR) is 163 cm³/mol. The summed E-state index contributed by atoms with van der Waals surface area (Å²) in [5.41, 5.74) is 3.40. The highest BCUT2D eigenvalue weighted by Crippen LogP contribution is 2.29. The van der Waals surface area contributed by atoms with Crippen molar-refractivity contribution < 1.29 is 19.2 Å². The number of ether oxygens (including phenoxy) is 1. The summed E-state index contributed by atoms with van der Waals surface area (Å²) >= 11 is 0. The molecule has 0 aliphatic carbocycles. The predicted octanol–water partition coefficient (Wildman–Crippen LogP) is 4.44. The largest absolute Gasteiger partial charge is 0.485 e. The lowest BCUT2D eigenvalue weighted by molar-refractivity contribution is -0.386. The van der Waals surface area contributed by atoms with Crippen molar-refractivity contribution >= 4 is 17.5 Å². The Bertz CT molecular complexity index is 1490. The number of carbonyl (C=O) groups excluding carboxylic acids is 2. The molecule has 6 rings (SSSR count). The number of nitrogens with one attached hydrogen (secondary N) is 2. The van der Waals surface area contributed by atoms with Crippen molar-refractivity contribution in [2.75, 3.05) is 13.2 Å². The van der Waals surface area contributed by atoms with Gasteiger partial charge in [-0.05, 0) is 34.7 Å². The Labute approximate surface area is 250 Å². The highest BCUT2D eigenvalue weighted by Gasteiger charge is 2.32. The molecular formula is C34H34N4O5. The summed E-state index contributed by atoms with van der Waals surface area (Å²) in [6.07, 6.45) is 0.700. The number of fused-ring (bicyclic) bond motifs is 11. The molecule has 4 aromatic carbocycles. The van der Waals surface area contributed by atoms with Gasteiger partial charge >= 0.3 is 5.69 Å². The zero-order chi connectivity index (χ0) is 30.0. The van der Waals surface area contributed by atoms with Crippen LogP contribution < -0.4 is 15.4 Å². The summed E-state index contributed by atoms with van der Waals surface area (Å²) in [7, 11) is 0. The molecule has 0 spiro atoms. The molecule has 0 aromatic heterocycles. The molecule has 0 saturated heterocycles. The topological polar surface area (TPSA) is 114 Å². The van der Waals surface area contributed by atoms with Gasteiger partial charge in [-0.3, -0.25) is 24.6 Å². The van der Waals surface area contributed by atoms with Gasteiger partial charge in [-0.15, -0.1) is 0 Å². The average molecular weight is 579 g/mol. The highest BCUT2D eigenvalue weighted by atomic mass is 16.6. The summed E-state index contributed by atoms with van der Waals surface area (Å²) < 4.78 is 6.07. The Morgan fingerprint density at radius 3 is 1.95 bits per heavy atom. The minimum Gasteiger partial charge on any atom is -0.485 e. The molecule has 0 saturated carbocycles. The van der Waals surface area contributed by atoms with E-state index in [0.29, 0.717) is 31.5 Å². The van der Waals surface area contributed by atoms with Gasteiger partial charge in [0.05, 0.1) is 4.92 Å². The van der Waals surface area contributed by atoms with Crippen molar-refractivity contribution in [3.05, 3.63) is 142 Å². The fourth-order valence-electron chi connectivity index (χ4n) is 5.19. The molecule has 2 aliphatic rings. The SMILES string of the molecule is O=C1NCCc2ccc(c([N+](=O)[O-])c2)OC[C@H](N(Cc2ccccc2)Cc2ccccc2)C(=O)N[C@H]1Cc1ccccc1. The van der Waals surface area contributed by atoms with E-state index in [0.717, 1.165) is 16.7 Å². The van der Waals surface area contributed by atoms with E-state index in [9.17, 15) is 19.7 Å². The maximum Gasteiger partial charge on any atom is 0.311 e. The lowest BCUT2D eigenvalue weighted by Crippen LogP contribution is -2.56. The monoisotopic (exact) mass is 578 g/mol. The van der Waals surface area contributed by atoms with Gasteiger partial charge < -0.3 is 15.4 Å². The summed E-state index contributed by atoms with van der Waals surface area (Å²) in [5.74, 6) is -0.634. The number of carbonyl (C=O) groups is 2. The number of nitro groups is 1. The van der Waals surface area contributed by atoms with Gasteiger partial charge in [0.1, 0.15) is 18.7 Å². The Morgan fingerprint density at radius 2 is 1.37 bits per heavy atom. The van der Waals surface area contributed by atoms with Gasteiger partial charge in [0, 0.05) is 32.1 Å². The van der Waals surface area contributed by atoms with Gasteiger partial charge in [0.25, 0.3) is 0 Å². The molecule has 2 bridgehead atoms. The van der Waals surface area contributed by atoms with E-state index in [1.807, 2.05) is 95.9 Å². The molecule has 2 amide bonds. The van der Waals surface area contributed by atoms with Gasteiger partial charge in [0.2, 0.25) is 11.8 Å². The van der Waals surface area contributed by atoms with Crippen molar-refractivity contribution in [1.82, 2.24) is 15.5 Å². The number of nitro benzene ring substituents is 1. The molecule has 2 atom stereocenters. The first-order valence-electron chi connectivity index (χ1n) is 14.3. The fraction of sp³-hybridized carbons (Fsp3) is 0.235.